The molecule has 9 heteroatoms. The molecular weight excluding hydrogens is 488 g/mol. The van der Waals surface area contributed by atoms with Crippen LogP contribution in [0.1, 0.15) is 73.1 Å². The molecule has 1 heterocycles. The number of carbonyl (C=O) groups is 4. The Bertz CT molecular complexity index is 1140. The van der Waals surface area contributed by atoms with E-state index in [9.17, 15) is 19.2 Å². The first-order chi connectivity index (χ1) is 17.9. The highest BCUT2D eigenvalue weighted by atomic mass is 16.6. The number of hydrogen-bond donors (Lipinski definition) is 1. The van der Waals surface area contributed by atoms with Crippen LogP contribution in [0.5, 0.6) is 0 Å². The Morgan fingerprint density at radius 1 is 1.05 bits per heavy atom. The SMILES string of the molecule is CC.Cc1ccc(C(=O)OCc2ccc(C(CNC(=O)OC(C)(C)C)C(=O)N3CCOC3=O)cc2)c(C)c1. The number of nitrogens with zero attached hydrogens (tertiary/aromatic N) is 1. The summed E-state index contributed by atoms with van der Waals surface area (Å²) in [7, 11) is 0. The van der Waals surface area contributed by atoms with Gasteiger partial charge in [-0.3, -0.25) is 4.79 Å². The summed E-state index contributed by atoms with van der Waals surface area (Å²) in [5, 5.41) is 2.61. The van der Waals surface area contributed by atoms with Crippen molar-refractivity contribution in [1.82, 2.24) is 10.2 Å². The fourth-order valence-corrected chi connectivity index (χ4v) is 3.74. The number of ether oxygens (including phenoxy) is 3. The van der Waals surface area contributed by atoms with Gasteiger partial charge in [-0.2, -0.15) is 0 Å². The summed E-state index contributed by atoms with van der Waals surface area (Å²) in [6, 6.07) is 12.4. The lowest BCUT2D eigenvalue weighted by atomic mass is 9.96. The van der Waals surface area contributed by atoms with Gasteiger partial charge in [0.2, 0.25) is 5.91 Å². The van der Waals surface area contributed by atoms with E-state index in [1.807, 2.05) is 39.8 Å². The zero-order chi connectivity index (χ0) is 28.5. The van der Waals surface area contributed by atoms with Crippen LogP contribution in [0.3, 0.4) is 0 Å². The van der Waals surface area contributed by atoms with Crippen LogP contribution in [0.4, 0.5) is 9.59 Å². The van der Waals surface area contributed by atoms with E-state index in [4.69, 9.17) is 14.2 Å². The molecule has 1 aliphatic rings. The molecule has 3 rings (SSSR count). The van der Waals surface area contributed by atoms with Crippen LogP contribution in [0.15, 0.2) is 42.5 Å². The second-order valence-electron chi connectivity index (χ2n) is 9.68. The van der Waals surface area contributed by atoms with Crippen LogP contribution in [0, 0.1) is 13.8 Å². The molecule has 0 aromatic heterocycles. The van der Waals surface area contributed by atoms with Gasteiger partial charge in [-0.25, -0.2) is 19.3 Å². The van der Waals surface area contributed by atoms with Crippen molar-refractivity contribution in [3.63, 3.8) is 0 Å². The molecule has 1 aliphatic heterocycles. The molecule has 38 heavy (non-hydrogen) atoms. The highest BCUT2D eigenvalue weighted by molar-refractivity contribution is 5.97. The van der Waals surface area contributed by atoms with Gasteiger partial charge in [-0.15, -0.1) is 0 Å². The van der Waals surface area contributed by atoms with E-state index in [1.54, 1.807) is 51.1 Å². The van der Waals surface area contributed by atoms with Crippen molar-refractivity contribution in [2.24, 2.45) is 0 Å². The fraction of sp³-hybridized carbons (Fsp3) is 0.448. The third-order valence-corrected chi connectivity index (χ3v) is 5.53. The molecule has 0 spiro atoms. The molecule has 9 nitrogen and oxygen atoms in total. The first-order valence-corrected chi connectivity index (χ1v) is 12.7. The fourth-order valence-electron chi connectivity index (χ4n) is 3.74. The molecule has 1 unspecified atom stereocenters. The predicted molar refractivity (Wildman–Crippen MR) is 143 cm³/mol. The number of benzene rings is 2. The van der Waals surface area contributed by atoms with Crippen LogP contribution >= 0.6 is 0 Å². The number of aryl methyl sites for hydroxylation is 2. The number of nitrogens with one attached hydrogen (secondary N) is 1. The Kier molecular flexibility index (Phi) is 10.9. The van der Waals surface area contributed by atoms with Crippen molar-refractivity contribution in [2.45, 2.75) is 66.6 Å². The largest absolute Gasteiger partial charge is 0.457 e. The van der Waals surface area contributed by atoms with E-state index < -0.39 is 35.6 Å². The Hall–Kier alpha value is -3.88. The van der Waals surface area contributed by atoms with Gasteiger partial charge in [0.1, 0.15) is 18.8 Å². The van der Waals surface area contributed by atoms with Gasteiger partial charge in [0.05, 0.1) is 18.0 Å². The number of amides is 3. The number of esters is 1. The number of alkyl carbamates (subject to hydrolysis) is 1. The standard InChI is InChI=1S/C27H32N2O7.C2H6/c1-17-6-11-21(18(2)14-17)24(31)35-16-19-7-9-20(10-8-19)22(15-28-25(32)36-27(3,4)5)23(30)29-12-13-34-26(29)33;1-2/h6-11,14,22H,12-13,15-16H2,1-5H3,(H,28,32);1-2H3. The number of cyclic esters (lactones) is 1. The Morgan fingerprint density at radius 3 is 2.26 bits per heavy atom. The third-order valence-electron chi connectivity index (χ3n) is 5.53. The van der Waals surface area contributed by atoms with Gasteiger partial charge in [0.25, 0.3) is 0 Å². The monoisotopic (exact) mass is 526 g/mol. The zero-order valence-electron chi connectivity index (χ0n) is 23.3. The molecule has 1 N–H and O–H groups in total. The van der Waals surface area contributed by atoms with Crippen LogP contribution in [0.2, 0.25) is 0 Å². The quantitative estimate of drug-likeness (QED) is 0.386. The molecule has 3 amide bonds. The minimum absolute atomic E-state index is 0.0552. The topological polar surface area (TPSA) is 111 Å². The normalized spacial score (nSPS) is 13.6. The number of hydrogen-bond acceptors (Lipinski definition) is 7. The Balaban J connectivity index is 0.00000247. The maximum absolute atomic E-state index is 13.1. The maximum Gasteiger partial charge on any atom is 0.416 e. The maximum atomic E-state index is 13.1. The number of rotatable bonds is 7. The van der Waals surface area contributed by atoms with Crippen molar-refractivity contribution < 1.29 is 33.4 Å². The average molecular weight is 527 g/mol. The minimum atomic E-state index is -0.838. The van der Waals surface area contributed by atoms with Gasteiger partial charge >= 0.3 is 18.2 Å². The van der Waals surface area contributed by atoms with E-state index >= 15 is 0 Å². The summed E-state index contributed by atoms with van der Waals surface area (Å²) in [6.45, 7) is 13.3. The molecule has 0 radical (unpaired) electrons. The van der Waals surface area contributed by atoms with Crippen LogP contribution in [-0.4, -0.2) is 54.3 Å². The lowest BCUT2D eigenvalue weighted by Gasteiger charge is -2.23. The van der Waals surface area contributed by atoms with Crippen LogP contribution < -0.4 is 5.32 Å². The molecule has 1 saturated heterocycles. The summed E-state index contributed by atoms with van der Waals surface area (Å²) in [5.41, 5.74) is 3.03. The summed E-state index contributed by atoms with van der Waals surface area (Å²) in [5.74, 6) is -1.74. The average Bonchev–Trinajstić information content (AvgIpc) is 3.29. The number of imide groups is 1. The second kappa shape index (κ2) is 13.6. The molecule has 1 atom stereocenters. The first-order valence-electron chi connectivity index (χ1n) is 12.7. The molecule has 1 fully saturated rings. The van der Waals surface area contributed by atoms with Gasteiger partial charge < -0.3 is 19.5 Å². The van der Waals surface area contributed by atoms with E-state index in [1.165, 1.54) is 0 Å². The second-order valence-corrected chi connectivity index (χ2v) is 9.68. The van der Waals surface area contributed by atoms with E-state index in [-0.39, 0.29) is 26.3 Å². The molecule has 2 aromatic rings. The third kappa shape index (κ3) is 8.61. The van der Waals surface area contributed by atoms with E-state index in [0.717, 1.165) is 21.6 Å². The number of carbonyl (C=O) groups excluding carboxylic acids is 4. The minimum Gasteiger partial charge on any atom is -0.457 e. The van der Waals surface area contributed by atoms with Crippen molar-refractivity contribution in [3.05, 3.63) is 70.3 Å². The lowest BCUT2D eigenvalue weighted by Crippen LogP contribution is -2.42. The van der Waals surface area contributed by atoms with E-state index in [0.29, 0.717) is 11.1 Å². The summed E-state index contributed by atoms with van der Waals surface area (Å²) in [6.07, 6.45) is -1.38. The molecule has 0 bridgehead atoms. The highest BCUT2D eigenvalue weighted by Crippen LogP contribution is 2.22. The van der Waals surface area contributed by atoms with E-state index in [2.05, 4.69) is 5.32 Å². The van der Waals surface area contributed by atoms with Crippen LogP contribution in [-0.2, 0) is 25.6 Å². The zero-order valence-corrected chi connectivity index (χ0v) is 23.3. The molecular formula is C29H38N2O7. The van der Waals surface area contributed by atoms with Gasteiger partial charge in [0, 0.05) is 6.54 Å². The van der Waals surface area contributed by atoms with Gasteiger partial charge in [-0.1, -0.05) is 55.8 Å². The Morgan fingerprint density at radius 2 is 1.71 bits per heavy atom. The van der Waals surface area contributed by atoms with Gasteiger partial charge in [-0.05, 0) is 57.4 Å². The highest BCUT2D eigenvalue weighted by Gasteiger charge is 2.34. The molecule has 2 aromatic carbocycles. The molecule has 206 valence electrons. The summed E-state index contributed by atoms with van der Waals surface area (Å²) < 4.78 is 15.6. The molecule has 0 aliphatic carbocycles. The van der Waals surface area contributed by atoms with Gasteiger partial charge in [0.15, 0.2) is 0 Å². The molecule has 0 saturated carbocycles. The van der Waals surface area contributed by atoms with Crippen molar-refractivity contribution in [3.8, 4) is 0 Å². The Labute approximate surface area is 224 Å². The summed E-state index contributed by atoms with van der Waals surface area (Å²) >= 11 is 0. The smallest absolute Gasteiger partial charge is 0.416 e. The lowest BCUT2D eigenvalue weighted by molar-refractivity contribution is -0.129. The predicted octanol–water partition coefficient (Wildman–Crippen LogP) is 5.27. The van der Waals surface area contributed by atoms with Crippen molar-refractivity contribution in [2.75, 3.05) is 19.7 Å². The summed E-state index contributed by atoms with van der Waals surface area (Å²) in [4.78, 5) is 50.8. The van der Waals surface area contributed by atoms with Crippen molar-refractivity contribution >= 4 is 24.1 Å². The van der Waals surface area contributed by atoms with Crippen LogP contribution in [0.25, 0.3) is 0 Å². The van der Waals surface area contributed by atoms with Crippen molar-refractivity contribution in [1.29, 1.82) is 0 Å². The first kappa shape index (κ1) is 30.3.